The summed E-state index contributed by atoms with van der Waals surface area (Å²) in [4.78, 5) is 11.9. The lowest BCUT2D eigenvalue weighted by atomic mass is 9.95. The van der Waals surface area contributed by atoms with Crippen molar-refractivity contribution >= 4 is 5.91 Å². The van der Waals surface area contributed by atoms with E-state index in [9.17, 15) is 61.0 Å². The van der Waals surface area contributed by atoms with Crippen molar-refractivity contribution in [1.29, 1.82) is 0 Å². The average Bonchev–Trinajstić information content (AvgIpc) is 3.08. The molecule has 0 aromatic rings. The quantitative estimate of drug-likeness (QED) is 0.0889. The number of ether oxygens (including phenoxy) is 8. The van der Waals surface area contributed by atoms with Crippen molar-refractivity contribution in [3.63, 3.8) is 0 Å². The van der Waals surface area contributed by atoms with Crippen molar-refractivity contribution in [2.45, 2.75) is 130 Å². The Morgan fingerprint density at radius 3 is 1.59 bits per heavy atom. The van der Waals surface area contributed by atoms with E-state index < -0.39 is 148 Å². The van der Waals surface area contributed by atoms with Gasteiger partial charge < -0.3 is 105 Å². The fraction of sp³-hybridized carbons (Fsp3) is 0.963. The van der Waals surface area contributed by atoms with Gasteiger partial charge in [0, 0.05) is 14.0 Å². The Hall–Kier alpha value is -1.33. The van der Waals surface area contributed by atoms with Crippen LogP contribution in [0.15, 0.2) is 0 Å². The number of amides is 1. The highest BCUT2D eigenvalue weighted by atomic mass is 16.8. The van der Waals surface area contributed by atoms with Crippen molar-refractivity contribution in [2.75, 3.05) is 33.5 Å². The molecule has 0 aromatic carbocycles. The number of carbonyl (C=O) groups excluding carboxylic acids is 1. The van der Waals surface area contributed by atoms with E-state index >= 15 is 0 Å². The second kappa shape index (κ2) is 17.5. The summed E-state index contributed by atoms with van der Waals surface area (Å²) in [6.07, 6.45) is -30.6. The first kappa shape index (κ1) is 40.4. The van der Waals surface area contributed by atoms with E-state index in [1.807, 2.05) is 0 Å². The van der Waals surface area contributed by atoms with Crippen LogP contribution in [0.3, 0.4) is 0 Å². The fourth-order valence-electron chi connectivity index (χ4n) is 6.12. The van der Waals surface area contributed by atoms with E-state index in [1.165, 1.54) is 14.0 Å². The molecule has 0 spiro atoms. The standard InChI is InChI=1S/C27H48N2O20/c1-7(32)29-12-15(35)23(49-26-19(39)16(36)13(33)8(3-28)44-26)11(47-24(12)42-2)6-43-25-21(41)18(38)22(10(5-31)46-25)48-27-20(40)17(37)14(34)9(4-30)45-27/h8-27,30-31,33-41H,3-6,28H2,1-2H3,(H,29,32)/p+1/t8-,9-,10-,11-,12-,13+,14+,15-,16+,17+,18-,19-,20-,21-,22-,23-,24-,25-,26+,27+/m1/s1. The maximum Gasteiger partial charge on any atom is 0.217 e. The molecule has 0 aromatic heterocycles. The summed E-state index contributed by atoms with van der Waals surface area (Å²) in [5, 5.41) is 117. The van der Waals surface area contributed by atoms with Crippen molar-refractivity contribution < 1.29 is 105 Å². The molecule has 49 heavy (non-hydrogen) atoms. The van der Waals surface area contributed by atoms with E-state index in [2.05, 4.69) is 11.1 Å². The van der Waals surface area contributed by atoms with E-state index in [1.54, 1.807) is 0 Å². The molecule has 22 heteroatoms. The molecule has 20 atom stereocenters. The van der Waals surface area contributed by atoms with Gasteiger partial charge in [-0.15, -0.1) is 0 Å². The molecule has 4 heterocycles. The minimum atomic E-state index is -1.91. The molecule has 0 saturated carbocycles. The van der Waals surface area contributed by atoms with Crippen molar-refractivity contribution in [3.8, 4) is 0 Å². The second-order valence-electron chi connectivity index (χ2n) is 12.2. The van der Waals surface area contributed by atoms with Crippen molar-refractivity contribution in [3.05, 3.63) is 0 Å². The van der Waals surface area contributed by atoms with Crippen molar-refractivity contribution in [2.24, 2.45) is 0 Å². The van der Waals surface area contributed by atoms with Crippen LogP contribution >= 0.6 is 0 Å². The lowest BCUT2D eigenvalue weighted by molar-refractivity contribution is -0.420. The number of hydrogen-bond acceptors (Lipinski definition) is 20. The number of aliphatic hydroxyl groups is 11. The minimum absolute atomic E-state index is 0.0340. The first-order chi connectivity index (χ1) is 23.2. The maximum absolute atomic E-state index is 11.9. The topological polar surface area (TPSA) is 353 Å². The van der Waals surface area contributed by atoms with E-state index in [0.29, 0.717) is 0 Å². The van der Waals surface area contributed by atoms with Gasteiger partial charge in [0.15, 0.2) is 25.2 Å². The van der Waals surface area contributed by atoms with Gasteiger partial charge >= 0.3 is 0 Å². The summed E-state index contributed by atoms with van der Waals surface area (Å²) in [6.45, 7) is -1.06. The SMILES string of the molecule is CO[C@@H]1O[C@H](CO[C@@H]2O[C@H](CO)[C@@H](O[C@@H]3O[C@H](CO)[C@H](O)[C@H](O)[C@H]3O)[C@H](O)[C@H]2O)[C@@H](O[C@@H]2O[C@H](C[NH3+])[C@H](O)[C@H](O)[C@H]2O)[C@H](O)[C@H]1NC(C)=O. The molecule has 4 aliphatic heterocycles. The predicted octanol–water partition coefficient (Wildman–Crippen LogP) is -9.70. The zero-order valence-corrected chi connectivity index (χ0v) is 26.7. The summed E-state index contributed by atoms with van der Waals surface area (Å²) in [6, 6.07) is -1.24. The van der Waals surface area contributed by atoms with E-state index in [0.717, 1.165) is 0 Å². The van der Waals surface area contributed by atoms with Crippen LogP contribution in [0, 0.1) is 0 Å². The van der Waals surface area contributed by atoms with Gasteiger partial charge in [-0.3, -0.25) is 4.79 Å². The Morgan fingerprint density at radius 2 is 1.08 bits per heavy atom. The molecule has 0 bridgehead atoms. The number of hydrogen-bond donors (Lipinski definition) is 13. The van der Waals surface area contributed by atoms with Gasteiger partial charge in [-0.05, 0) is 0 Å². The molecule has 1 amide bonds. The maximum atomic E-state index is 11.9. The van der Waals surface area contributed by atoms with Gasteiger partial charge in [0.1, 0.15) is 104 Å². The third-order valence-electron chi connectivity index (χ3n) is 8.90. The van der Waals surface area contributed by atoms with Crippen LogP contribution in [0.2, 0.25) is 0 Å². The van der Waals surface area contributed by atoms with Crippen molar-refractivity contribution in [1.82, 2.24) is 5.32 Å². The smallest absolute Gasteiger partial charge is 0.217 e. The number of quaternary nitrogens is 1. The Labute approximate surface area is 279 Å². The molecular weight excluding hydrogens is 672 g/mol. The third kappa shape index (κ3) is 8.66. The summed E-state index contributed by atoms with van der Waals surface area (Å²) >= 11 is 0. The van der Waals surface area contributed by atoms with Gasteiger partial charge in [-0.25, -0.2) is 0 Å². The second-order valence-corrected chi connectivity index (χ2v) is 12.2. The Kier molecular flexibility index (Phi) is 14.4. The summed E-state index contributed by atoms with van der Waals surface area (Å²) in [5.74, 6) is -0.573. The molecule has 4 aliphatic rings. The Bertz CT molecular complexity index is 1040. The number of methoxy groups -OCH3 is 1. The molecule has 0 radical (unpaired) electrons. The van der Waals surface area contributed by atoms with Gasteiger partial charge in [0.25, 0.3) is 0 Å². The van der Waals surface area contributed by atoms with E-state index in [4.69, 9.17) is 37.9 Å². The molecule has 15 N–H and O–H groups in total. The lowest BCUT2D eigenvalue weighted by Gasteiger charge is -2.48. The Morgan fingerprint density at radius 1 is 0.612 bits per heavy atom. The number of rotatable bonds is 12. The molecule has 4 saturated heterocycles. The normalized spacial score (nSPS) is 49.4. The predicted molar refractivity (Wildman–Crippen MR) is 151 cm³/mol. The van der Waals surface area contributed by atoms with Gasteiger partial charge in [-0.2, -0.15) is 0 Å². The van der Waals surface area contributed by atoms with Gasteiger partial charge in [-0.1, -0.05) is 0 Å². The summed E-state index contributed by atoms with van der Waals surface area (Å²) in [5.41, 5.74) is 3.63. The average molecular weight is 722 g/mol. The first-order valence-corrected chi connectivity index (χ1v) is 15.7. The molecule has 0 unspecified atom stereocenters. The zero-order chi connectivity index (χ0) is 36.3. The van der Waals surface area contributed by atoms with Crippen LogP contribution in [0.25, 0.3) is 0 Å². The molecule has 286 valence electrons. The molecule has 4 rings (SSSR count). The first-order valence-electron chi connectivity index (χ1n) is 15.7. The number of carbonyl (C=O) groups is 1. The van der Waals surface area contributed by atoms with E-state index in [-0.39, 0.29) is 6.54 Å². The summed E-state index contributed by atoms with van der Waals surface area (Å²) in [7, 11) is 1.22. The number of nitrogens with one attached hydrogen (secondary N) is 1. The highest BCUT2D eigenvalue weighted by Gasteiger charge is 2.54. The van der Waals surface area contributed by atoms with Crippen LogP contribution in [0.5, 0.6) is 0 Å². The van der Waals surface area contributed by atoms with Gasteiger partial charge in [0.05, 0.1) is 19.8 Å². The molecule has 22 nitrogen and oxygen atoms in total. The summed E-state index contributed by atoms with van der Waals surface area (Å²) < 4.78 is 44.8. The number of aliphatic hydroxyl groups excluding tert-OH is 11. The van der Waals surface area contributed by atoms with Crippen LogP contribution < -0.4 is 11.1 Å². The minimum Gasteiger partial charge on any atom is -0.394 e. The Balaban J connectivity index is 1.49. The molecule has 0 aliphatic carbocycles. The highest BCUT2D eigenvalue weighted by molar-refractivity contribution is 5.73. The monoisotopic (exact) mass is 721 g/mol. The molecule has 4 fully saturated rings. The lowest BCUT2D eigenvalue weighted by Crippen LogP contribution is -2.69. The highest BCUT2D eigenvalue weighted by Crippen LogP contribution is 2.32. The van der Waals surface area contributed by atoms with Crippen LogP contribution in [0.4, 0.5) is 0 Å². The third-order valence-corrected chi connectivity index (χ3v) is 8.90. The van der Waals surface area contributed by atoms with Gasteiger partial charge in [0.2, 0.25) is 5.91 Å². The van der Waals surface area contributed by atoms with Crippen LogP contribution in [-0.4, -0.2) is 218 Å². The fourth-order valence-corrected chi connectivity index (χ4v) is 6.12. The largest absolute Gasteiger partial charge is 0.394 e. The zero-order valence-electron chi connectivity index (χ0n) is 26.7. The molecular formula is C27H49N2O20+. The van der Waals surface area contributed by atoms with Crippen LogP contribution in [-0.2, 0) is 42.7 Å². The van der Waals surface area contributed by atoms with Crippen LogP contribution in [0.1, 0.15) is 6.92 Å².